The zero-order valence-corrected chi connectivity index (χ0v) is 14.5. The number of amides is 1. The van der Waals surface area contributed by atoms with Crippen LogP contribution in [0.25, 0.3) is 0 Å². The van der Waals surface area contributed by atoms with E-state index in [-0.39, 0.29) is 0 Å². The predicted molar refractivity (Wildman–Crippen MR) is 101 cm³/mol. The molecule has 0 atom stereocenters. The lowest BCUT2D eigenvalue weighted by atomic mass is 9.99. The molecule has 3 aromatic carbocycles. The number of methoxy groups -OCH3 is 1. The summed E-state index contributed by atoms with van der Waals surface area (Å²) < 4.78 is 11.4. The Morgan fingerprint density at radius 3 is 2.56 bits per heavy atom. The Kier molecular flexibility index (Phi) is 4.32. The van der Waals surface area contributed by atoms with Crippen LogP contribution >= 0.6 is 0 Å². The van der Waals surface area contributed by atoms with Gasteiger partial charge in [-0.05, 0) is 42.5 Å². The van der Waals surface area contributed by atoms with Crippen molar-refractivity contribution in [3.05, 3.63) is 83.4 Å². The summed E-state index contributed by atoms with van der Waals surface area (Å²) in [5.41, 5.74) is 4.97. The summed E-state index contributed by atoms with van der Waals surface area (Å²) in [6, 6.07) is 19.9. The van der Waals surface area contributed by atoms with Crippen LogP contribution in [0.2, 0.25) is 0 Å². The van der Waals surface area contributed by atoms with E-state index in [1.54, 1.807) is 36.9 Å². The number of nitrogens with one attached hydrogen (secondary N) is 1. The normalized spacial score (nSPS) is 12.0. The molecule has 0 spiro atoms. The third kappa shape index (κ3) is 3.14. The van der Waals surface area contributed by atoms with Gasteiger partial charge < -0.3 is 9.47 Å². The summed E-state index contributed by atoms with van der Waals surface area (Å²) in [5.74, 6) is 1.44. The number of aliphatic imine (C=N–C) groups is 1. The molecule has 1 amide bonds. The van der Waals surface area contributed by atoms with Crippen LogP contribution in [0.15, 0.2) is 71.7 Å². The Bertz CT molecular complexity index is 1040. The number of hydrogen-bond acceptors (Lipinski definition) is 5. The molecule has 3 aromatic rings. The molecule has 6 nitrogen and oxygen atoms in total. The fourth-order valence-electron chi connectivity index (χ4n) is 2.91. The third-order valence-corrected chi connectivity index (χ3v) is 4.28. The van der Waals surface area contributed by atoms with Crippen molar-refractivity contribution in [2.75, 3.05) is 7.11 Å². The van der Waals surface area contributed by atoms with Crippen molar-refractivity contribution in [1.82, 2.24) is 5.48 Å². The van der Waals surface area contributed by atoms with E-state index in [1.165, 1.54) is 0 Å². The van der Waals surface area contributed by atoms with Crippen LogP contribution in [0.4, 0.5) is 5.69 Å². The number of carbonyl (C=O) groups is 1. The van der Waals surface area contributed by atoms with Gasteiger partial charge in [0.05, 0.1) is 12.8 Å². The fraction of sp³-hybridized carbons (Fsp3) is 0.0476. The summed E-state index contributed by atoms with van der Waals surface area (Å²) in [7, 11) is 1.60. The van der Waals surface area contributed by atoms with E-state index in [0.29, 0.717) is 34.2 Å². The molecule has 0 aromatic heterocycles. The molecule has 1 aliphatic rings. The SMILES string of the molecule is COc1ccc2c(c1)C(c1ccc(C(=O)NO)cc1)=Nc1ccccc1O2. The highest BCUT2D eigenvalue weighted by Crippen LogP contribution is 2.39. The lowest BCUT2D eigenvalue weighted by Crippen LogP contribution is -2.18. The van der Waals surface area contributed by atoms with Gasteiger partial charge in [0.1, 0.15) is 17.2 Å². The highest BCUT2D eigenvalue weighted by Gasteiger charge is 2.20. The van der Waals surface area contributed by atoms with Crippen molar-refractivity contribution in [1.29, 1.82) is 0 Å². The number of nitrogens with zero attached hydrogens (tertiary/aromatic N) is 1. The van der Waals surface area contributed by atoms with Gasteiger partial charge in [-0.1, -0.05) is 24.3 Å². The molecule has 0 radical (unpaired) electrons. The maximum Gasteiger partial charge on any atom is 0.274 e. The van der Waals surface area contributed by atoms with Gasteiger partial charge in [0.15, 0.2) is 5.75 Å². The quantitative estimate of drug-likeness (QED) is 0.426. The van der Waals surface area contributed by atoms with Gasteiger partial charge in [-0.15, -0.1) is 0 Å². The van der Waals surface area contributed by atoms with Crippen LogP contribution < -0.4 is 15.0 Å². The second-order valence-electron chi connectivity index (χ2n) is 5.91. The smallest absolute Gasteiger partial charge is 0.274 e. The van der Waals surface area contributed by atoms with Crippen molar-refractivity contribution in [2.45, 2.75) is 0 Å². The number of hydroxylamine groups is 1. The topological polar surface area (TPSA) is 80.2 Å². The lowest BCUT2D eigenvalue weighted by Gasteiger charge is -2.12. The highest BCUT2D eigenvalue weighted by atomic mass is 16.5. The van der Waals surface area contributed by atoms with E-state index in [1.807, 2.05) is 42.5 Å². The van der Waals surface area contributed by atoms with Crippen molar-refractivity contribution in [2.24, 2.45) is 4.99 Å². The molecular formula is C21H16N2O4. The van der Waals surface area contributed by atoms with Gasteiger partial charge in [0, 0.05) is 16.7 Å². The average Bonchev–Trinajstić information content (AvgIpc) is 2.89. The van der Waals surface area contributed by atoms with Crippen LogP contribution in [0, 0.1) is 0 Å². The second kappa shape index (κ2) is 6.93. The molecule has 1 aliphatic heterocycles. The summed E-state index contributed by atoms with van der Waals surface area (Å²) in [6.45, 7) is 0. The van der Waals surface area contributed by atoms with E-state index in [2.05, 4.69) is 0 Å². The summed E-state index contributed by atoms with van der Waals surface area (Å²) in [6.07, 6.45) is 0. The van der Waals surface area contributed by atoms with Crippen molar-refractivity contribution in [3.8, 4) is 17.2 Å². The average molecular weight is 360 g/mol. The molecular weight excluding hydrogens is 344 g/mol. The number of rotatable bonds is 3. The molecule has 0 fully saturated rings. The van der Waals surface area contributed by atoms with Crippen LogP contribution in [0.1, 0.15) is 21.5 Å². The molecule has 0 saturated heterocycles. The summed E-state index contributed by atoms with van der Waals surface area (Å²) >= 11 is 0. The monoisotopic (exact) mass is 360 g/mol. The molecule has 2 N–H and O–H groups in total. The molecule has 6 heteroatoms. The Morgan fingerprint density at radius 1 is 1.04 bits per heavy atom. The number of fused-ring (bicyclic) bond motifs is 2. The molecule has 27 heavy (non-hydrogen) atoms. The zero-order chi connectivity index (χ0) is 18.8. The number of benzene rings is 3. The van der Waals surface area contributed by atoms with Crippen LogP contribution in [-0.2, 0) is 0 Å². The first-order valence-corrected chi connectivity index (χ1v) is 8.28. The Balaban J connectivity index is 1.89. The number of hydrogen-bond donors (Lipinski definition) is 2. The Hall–Kier alpha value is -3.64. The minimum absolute atomic E-state index is 0.345. The van der Waals surface area contributed by atoms with Crippen molar-refractivity contribution in [3.63, 3.8) is 0 Å². The summed E-state index contributed by atoms with van der Waals surface area (Å²) in [4.78, 5) is 16.4. The van der Waals surface area contributed by atoms with Crippen LogP contribution in [0.5, 0.6) is 17.2 Å². The van der Waals surface area contributed by atoms with Gasteiger partial charge in [-0.25, -0.2) is 10.5 Å². The van der Waals surface area contributed by atoms with Gasteiger partial charge in [-0.3, -0.25) is 10.0 Å². The van der Waals surface area contributed by atoms with E-state index in [4.69, 9.17) is 19.7 Å². The standard InChI is InChI=1S/C21H16N2O4/c1-26-15-10-11-18-16(12-15)20(22-17-4-2-3-5-19(17)27-18)13-6-8-14(9-7-13)21(24)23-25/h2-12,25H,1H3,(H,23,24). The molecule has 0 unspecified atom stereocenters. The first-order valence-electron chi connectivity index (χ1n) is 8.28. The first-order chi connectivity index (χ1) is 13.2. The third-order valence-electron chi connectivity index (χ3n) is 4.28. The minimum atomic E-state index is -0.569. The van der Waals surface area contributed by atoms with Gasteiger partial charge in [0.2, 0.25) is 0 Å². The number of carbonyl (C=O) groups excluding carboxylic acids is 1. The summed E-state index contributed by atoms with van der Waals surface area (Å²) in [5, 5.41) is 8.79. The van der Waals surface area contributed by atoms with E-state index in [0.717, 1.165) is 11.1 Å². The fourth-order valence-corrected chi connectivity index (χ4v) is 2.91. The molecule has 0 aliphatic carbocycles. The predicted octanol–water partition coefficient (Wildman–Crippen LogP) is 4.09. The lowest BCUT2D eigenvalue weighted by molar-refractivity contribution is 0.0706. The molecule has 0 bridgehead atoms. The highest BCUT2D eigenvalue weighted by molar-refractivity contribution is 6.16. The zero-order valence-electron chi connectivity index (χ0n) is 14.5. The second-order valence-corrected chi connectivity index (χ2v) is 5.91. The van der Waals surface area contributed by atoms with E-state index in [9.17, 15) is 4.79 Å². The molecule has 1 heterocycles. The first kappa shape index (κ1) is 16.8. The maximum absolute atomic E-state index is 11.6. The number of ether oxygens (including phenoxy) is 2. The van der Waals surface area contributed by atoms with E-state index >= 15 is 0 Å². The van der Waals surface area contributed by atoms with Crippen molar-refractivity contribution >= 4 is 17.3 Å². The van der Waals surface area contributed by atoms with Gasteiger partial charge >= 0.3 is 0 Å². The van der Waals surface area contributed by atoms with Crippen LogP contribution in [0.3, 0.4) is 0 Å². The maximum atomic E-state index is 11.6. The van der Waals surface area contributed by atoms with Crippen LogP contribution in [-0.4, -0.2) is 23.9 Å². The largest absolute Gasteiger partial charge is 0.497 e. The Labute approximate surface area is 155 Å². The minimum Gasteiger partial charge on any atom is -0.497 e. The Morgan fingerprint density at radius 2 is 1.81 bits per heavy atom. The van der Waals surface area contributed by atoms with E-state index < -0.39 is 5.91 Å². The van der Waals surface area contributed by atoms with Crippen molar-refractivity contribution < 1.29 is 19.5 Å². The molecule has 134 valence electrons. The van der Waals surface area contributed by atoms with Gasteiger partial charge in [-0.2, -0.15) is 0 Å². The number of para-hydroxylation sites is 2. The molecule has 4 rings (SSSR count). The molecule has 0 saturated carbocycles. The van der Waals surface area contributed by atoms with Gasteiger partial charge in [0.25, 0.3) is 5.91 Å².